The maximum Gasteiger partial charge on any atom is 0.252 e. The molecule has 1 saturated heterocycles. The van der Waals surface area contributed by atoms with Crippen LogP contribution in [-0.2, 0) is 10.5 Å². The number of nitrogens with zero attached hydrogens (tertiary/aromatic N) is 4. The maximum atomic E-state index is 14.2. The summed E-state index contributed by atoms with van der Waals surface area (Å²) >= 11 is 5.97. The van der Waals surface area contributed by atoms with Crippen molar-refractivity contribution in [1.29, 1.82) is 5.26 Å². The van der Waals surface area contributed by atoms with Gasteiger partial charge >= 0.3 is 0 Å². The van der Waals surface area contributed by atoms with Crippen molar-refractivity contribution in [3.8, 4) is 6.07 Å². The van der Waals surface area contributed by atoms with Crippen LogP contribution in [0.3, 0.4) is 0 Å². The Kier molecular flexibility index (Phi) is 5.25. The molecule has 7 nitrogen and oxygen atoms in total. The number of rotatable bonds is 5. The SMILES string of the molecule is CCC/C=C/C=N/N1C(=S)N(C2CCCCC2)[C@]23OC(N)=C(C#N)[C@]12C(=O)c1ccccc13. The van der Waals surface area contributed by atoms with Gasteiger partial charge in [-0.1, -0.05) is 62.9 Å². The molecule has 1 aromatic rings. The molecule has 0 bridgehead atoms. The van der Waals surface area contributed by atoms with Crippen LogP contribution in [0.2, 0.25) is 0 Å². The third-order valence-corrected chi connectivity index (χ3v) is 7.55. The largest absolute Gasteiger partial charge is 0.444 e. The van der Waals surface area contributed by atoms with Gasteiger partial charge in [0.2, 0.25) is 17.2 Å². The monoisotopic (exact) mass is 461 g/mol. The molecule has 0 amide bonds. The highest BCUT2D eigenvalue weighted by Crippen LogP contribution is 2.64. The number of fused-ring (bicyclic) bond motifs is 1. The first kappa shape index (κ1) is 21.7. The standard InChI is InChI=1S/C25H27N5O2S/c1-2-3-4-10-15-28-30-23(33)29(17-11-6-5-7-12-17)25-19-14-9-8-13-18(19)21(31)24(25,30)20(16-26)22(27)32-25/h4,8-10,13-15,17H,2-3,5-7,11-12,27H2,1H3/b10-4+,28-15+/t24-,25-/m1/s1. The number of ether oxygens (including phenoxy) is 1. The van der Waals surface area contributed by atoms with Gasteiger partial charge in [-0.3, -0.25) is 9.69 Å². The van der Waals surface area contributed by atoms with E-state index in [1.807, 2.05) is 35.3 Å². The molecule has 0 unspecified atom stereocenters. The zero-order valence-corrected chi connectivity index (χ0v) is 19.5. The predicted octanol–water partition coefficient (Wildman–Crippen LogP) is 4.08. The first-order chi connectivity index (χ1) is 16.1. The van der Waals surface area contributed by atoms with Crippen molar-refractivity contribution in [2.75, 3.05) is 0 Å². The van der Waals surface area contributed by atoms with Gasteiger partial charge in [-0.15, -0.1) is 0 Å². The molecule has 1 aromatic carbocycles. The van der Waals surface area contributed by atoms with Crippen molar-refractivity contribution in [3.05, 3.63) is 59.0 Å². The van der Waals surface area contributed by atoms with Crippen LogP contribution in [0.15, 0.2) is 53.0 Å². The summed E-state index contributed by atoms with van der Waals surface area (Å²) < 4.78 is 6.42. The number of thiocarbonyl (C=S) groups is 1. The second kappa shape index (κ2) is 7.99. The number of hydrogen-bond donors (Lipinski definition) is 1. The van der Waals surface area contributed by atoms with E-state index >= 15 is 0 Å². The molecule has 0 radical (unpaired) electrons. The molecular weight excluding hydrogens is 434 g/mol. The van der Waals surface area contributed by atoms with Crippen LogP contribution in [0.5, 0.6) is 0 Å². The Bertz CT molecular complexity index is 1150. The summed E-state index contributed by atoms with van der Waals surface area (Å²) in [6.45, 7) is 2.10. The minimum Gasteiger partial charge on any atom is -0.444 e. The van der Waals surface area contributed by atoms with Crippen molar-refractivity contribution in [2.45, 2.75) is 69.2 Å². The molecule has 2 aliphatic carbocycles. The van der Waals surface area contributed by atoms with Crippen LogP contribution < -0.4 is 5.73 Å². The Labute approximate surface area is 199 Å². The minimum atomic E-state index is -1.57. The van der Waals surface area contributed by atoms with Gasteiger partial charge in [0.1, 0.15) is 11.6 Å². The summed E-state index contributed by atoms with van der Waals surface area (Å²) in [6.07, 6.45) is 12.6. The summed E-state index contributed by atoms with van der Waals surface area (Å²) in [4.78, 5) is 16.2. The van der Waals surface area contributed by atoms with Crippen LogP contribution in [0.25, 0.3) is 0 Å². The smallest absolute Gasteiger partial charge is 0.252 e. The lowest BCUT2D eigenvalue weighted by molar-refractivity contribution is -0.117. The first-order valence-electron chi connectivity index (χ1n) is 11.6. The number of allylic oxidation sites excluding steroid dienone is 2. The molecular formula is C25H27N5O2S. The molecule has 2 N–H and O–H groups in total. The number of carbonyl (C=O) groups excluding carboxylic acids is 1. The number of Topliss-reactive ketones (excluding diaryl/α,β-unsaturated/α-hetero) is 1. The summed E-state index contributed by atoms with van der Waals surface area (Å²) in [5.74, 6) is -0.296. The average molecular weight is 462 g/mol. The lowest BCUT2D eigenvalue weighted by atomic mass is 9.80. The third-order valence-electron chi connectivity index (χ3n) is 7.18. The van der Waals surface area contributed by atoms with E-state index in [9.17, 15) is 10.1 Å². The van der Waals surface area contributed by atoms with Gasteiger partial charge in [0.25, 0.3) is 5.72 Å². The van der Waals surface area contributed by atoms with Gasteiger partial charge in [0, 0.05) is 23.4 Å². The number of unbranched alkanes of at least 4 members (excludes halogenated alkanes) is 1. The summed E-state index contributed by atoms with van der Waals surface area (Å²) in [6, 6.07) is 9.61. The van der Waals surface area contributed by atoms with Crippen LogP contribution >= 0.6 is 12.2 Å². The van der Waals surface area contributed by atoms with E-state index in [4.69, 9.17) is 22.7 Å². The van der Waals surface area contributed by atoms with E-state index in [1.54, 1.807) is 12.3 Å². The highest BCUT2D eigenvalue weighted by Gasteiger charge is 2.83. The van der Waals surface area contributed by atoms with Gasteiger partial charge in [0.15, 0.2) is 5.11 Å². The Morgan fingerprint density at radius 1 is 1.33 bits per heavy atom. The van der Waals surface area contributed by atoms with Crippen molar-refractivity contribution < 1.29 is 9.53 Å². The number of nitrogens with two attached hydrogens (primary N) is 1. The van der Waals surface area contributed by atoms with Gasteiger partial charge in [-0.2, -0.15) is 10.4 Å². The third kappa shape index (κ3) is 2.63. The molecule has 2 aliphatic heterocycles. The fourth-order valence-electron chi connectivity index (χ4n) is 5.85. The lowest BCUT2D eigenvalue weighted by Gasteiger charge is -2.43. The van der Waals surface area contributed by atoms with E-state index in [2.05, 4.69) is 18.1 Å². The van der Waals surface area contributed by atoms with E-state index in [0.717, 1.165) is 38.5 Å². The van der Waals surface area contributed by atoms with Crippen LogP contribution in [0.1, 0.15) is 67.8 Å². The van der Waals surface area contributed by atoms with Crippen LogP contribution in [-0.4, -0.2) is 38.6 Å². The first-order valence-corrected chi connectivity index (χ1v) is 12.0. The second-order valence-corrected chi connectivity index (χ2v) is 9.28. The van der Waals surface area contributed by atoms with Crippen molar-refractivity contribution in [1.82, 2.24) is 9.91 Å². The molecule has 170 valence electrons. The van der Waals surface area contributed by atoms with Gasteiger partial charge in [0.05, 0.1) is 0 Å². The predicted molar refractivity (Wildman–Crippen MR) is 129 cm³/mol. The average Bonchev–Trinajstić information content (AvgIpc) is 3.30. The van der Waals surface area contributed by atoms with E-state index < -0.39 is 11.3 Å². The number of hydrazone groups is 1. The fraction of sp³-hybridized carbons (Fsp3) is 0.440. The summed E-state index contributed by atoms with van der Waals surface area (Å²) in [5.41, 5.74) is 4.66. The second-order valence-electron chi connectivity index (χ2n) is 8.92. The Hall–Kier alpha value is -3.18. The molecule has 8 heteroatoms. The van der Waals surface area contributed by atoms with Crippen LogP contribution in [0, 0.1) is 11.3 Å². The molecule has 1 saturated carbocycles. The highest BCUT2D eigenvalue weighted by atomic mass is 32.1. The van der Waals surface area contributed by atoms with E-state index in [1.165, 1.54) is 11.4 Å². The van der Waals surface area contributed by atoms with Gasteiger partial charge in [-0.05, 0) is 37.6 Å². The van der Waals surface area contributed by atoms with Gasteiger partial charge < -0.3 is 10.5 Å². The lowest BCUT2D eigenvalue weighted by Crippen LogP contribution is -2.59. The molecule has 2 fully saturated rings. The van der Waals surface area contributed by atoms with Crippen molar-refractivity contribution >= 4 is 29.3 Å². The Morgan fingerprint density at radius 3 is 2.82 bits per heavy atom. The molecule has 2 heterocycles. The number of carbonyl (C=O) groups is 1. The molecule has 33 heavy (non-hydrogen) atoms. The number of benzene rings is 1. The van der Waals surface area contributed by atoms with E-state index in [0.29, 0.717) is 16.2 Å². The Morgan fingerprint density at radius 2 is 2.09 bits per heavy atom. The maximum absolute atomic E-state index is 14.2. The zero-order valence-electron chi connectivity index (χ0n) is 18.7. The Balaban J connectivity index is 1.76. The topological polar surface area (TPSA) is 94.9 Å². The van der Waals surface area contributed by atoms with Crippen molar-refractivity contribution in [3.63, 3.8) is 0 Å². The van der Waals surface area contributed by atoms with Gasteiger partial charge in [-0.25, -0.2) is 5.01 Å². The molecule has 2 atom stereocenters. The number of ketones is 1. The zero-order chi connectivity index (χ0) is 23.2. The molecule has 0 aromatic heterocycles. The van der Waals surface area contributed by atoms with E-state index in [-0.39, 0.29) is 23.3 Å². The normalized spacial score (nSPS) is 29.1. The minimum absolute atomic E-state index is 0.0367. The van der Waals surface area contributed by atoms with Crippen molar-refractivity contribution in [2.24, 2.45) is 10.8 Å². The summed E-state index contributed by atoms with van der Waals surface area (Å²) in [7, 11) is 0. The molecule has 5 rings (SSSR count). The highest BCUT2D eigenvalue weighted by molar-refractivity contribution is 7.80. The quantitative estimate of drug-likeness (QED) is 0.521. The number of hydrogen-bond acceptors (Lipinski definition) is 6. The fourth-order valence-corrected chi connectivity index (χ4v) is 6.31. The number of nitriles is 1. The molecule has 4 aliphatic rings. The summed E-state index contributed by atoms with van der Waals surface area (Å²) in [5, 5.41) is 16.8. The van der Waals surface area contributed by atoms with Crippen LogP contribution in [0.4, 0.5) is 0 Å². The molecule has 0 spiro atoms.